The fourth-order valence-electron chi connectivity index (χ4n) is 9.21. The highest BCUT2D eigenvalue weighted by Crippen LogP contribution is 2.51. The van der Waals surface area contributed by atoms with Crippen molar-refractivity contribution in [1.82, 2.24) is 14.8 Å². The molecule has 4 heteroatoms. The van der Waals surface area contributed by atoms with Crippen LogP contribution in [0.15, 0.2) is 108 Å². The lowest BCUT2D eigenvalue weighted by atomic mass is 9.59. The van der Waals surface area contributed by atoms with E-state index >= 15 is 0 Å². The molecule has 0 spiro atoms. The average Bonchev–Trinajstić information content (AvgIpc) is 3.77. The van der Waals surface area contributed by atoms with Gasteiger partial charge in [-0.2, -0.15) is 0 Å². The van der Waals surface area contributed by atoms with E-state index in [2.05, 4.69) is 166 Å². The number of fused-ring (bicyclic) bond motifs is 3. The van der Waals surface area contributed by atoms with E-state index in [1.807, 2.05) is 19.9 Å². The molecule has 2 bridgehead atoms. The van der Waals surface area contributed by atoms with Crippen LogP contribution in [-0.2, 0) is 5.41 Å². The Hall–Kier alpha value is -4.96. The Morgan fingerprint density at radius 1 is 0.792 bits per heavy atom. The van der Waals surface area contributed by atoms with Gasteiger partial charge in [-0.15, -0.1) is 10.2 Å². The number of allylic oxidation sites excluding steroid dienone is 1. The third-order valence-corrected chi connectivity index (χ3v) is 11.2. The SMILES string of the molecule is C=Cc1c(/C=C\C)n(-c2cc(C)cc(-c3nnc(C4(C)CC5CC(C)CC(C5)C4)o3)c2)c2ccccc12.CC.Cc1ccccc1-c1ccccc1C. The number of para-hydroxylation sites is 1. The molecular formula is C49H57N3O. The highest BCUT2D eigenvalue weighted by molar-refractivity contribution is 5.95. The van der Waals surface area contributed by atoms with E-state index in [9.17, 15) is 0 Å². The molecule has 2 unspecified atom stereocenters. The van der Waals surface area contributed by atoms with Gasteiger partial charge in [0.05, 0.1) is 11.2 Å². The van der Waals surface area contributed by atoms with Gasteiger partial charge in [0.2, 0.25) is 11.8 Å². The van der Waals surface area contributed by atoms with E-state index in [1.54, 1.807) is 0 Å². The smallest absolute Gasteiger partial charge is 0.247 e. The zero-order valence-electron chi connectivity index (χ0n) is 33.1. The highest BCUT2D eigenvalue weighted by Gasteiger charge is 2.45. The summed E-state index contributed by atoms with van der Waals surface area (Å²) in [5, 5.41) is 10.4. The van der Waals surface area contributed by atoms with Crippen molar-refractivity contribution in [2.45, 2.75) is 92.9 Å². The van der Waals surface area contributed by atoms with Crippen LogP contribution in [0.25, 0.3) is 51.3 Å². The molecule has 2 aliphatic rings. The minimum absolute atomic E-state index is 0.0276. The number of nitrogens with zero attached hydrogens (tertiary/aromatic N) is 3. The third-order valence-electron chi connectivity index (χ3n) is 11.2. The topological polar surface area (TPSA) is 43.9 Å². The van der Waals surface area contributed by atoms with Crippen LogP contribution in [0, 0.1) is 38.5 Å². The normalized spacial score (nSPS) is 20.7. The molecule has 0 saturated heterocycles. The number of benzene rings is 4. The predicted octanol–water partition coefficient (Wildman–Crippen LogP) is 13.8. The Kier molecular flexibility index (Phi) is 11.7. The van der Waals surface area contributed by atoms with E-state index in [4.69, 9.17) is 4.42 Å². The van der Waals surface area contributed by atoms with Gasteiger partial charge in [0.1, 0.15) is 0 Å². The van der Waals surface area contributed by atoms with Crippen molar-refractivity contribution in [2.24, 2.45) is 17.8 Å². The standard InChI is InChI=1S/C33H37N3O.C14H14.C2H6/c1-6-10-29-27(7-2)28-11-8-9-12-30(28)36(29)26-16-22(4)15-25(18-26)31-34-35-32(37-31)33(5)19-23-13-21(3)14-24(17-23)20-33;1-11-7-3-5-9-13(11)14-10-6-4-8-12(14)2;1-2/h6-12,15-16,18,21,23-24H,2,13-14,17,19-20H2,1,3-5H3;3-10H,1-2H3;1-2H3/b10-6-;;. The second-order valence-corrected chi connectivity index (χ2v) is 15.5. The van der Waals surface area contributed by atoms with Crippen LogP contribution in [0.5, 0.6) is 0 Å². The third kappa shape index (κ3) is 7.88. The van der Waals surface area contributed by atoms with Crippen LogP contribution in [0.4, 0.5) is 0 Å². The summed E-state index contributed by atoms with van der Waals surface area (Å²) in [7, 11) is 0. The van der Waals surface area contributed by atoms with Crippen LogP contribution >= 0.6 is 0 Å². The first-order chi connectivity index (χ1) is 25.7. The van der Waals surface area contributed by atoms with Crippen LogP contribution in [-0.4, -0.2) is 14.8 Å². The minimum Gasteiger partial charge on any atom is -0.420 e. The second kappa shape index (κ2) is 16.4. The largest absolute Gasteiger partial charge is 0.420 e. The number of aryl methyl sites for hydroxylation is 3. The molecule has 2 heterocycles. The predicted molar refractivity (Wildman–Crippen MR) is 225 cm³/mol. The number of aromatic nitrogens is 3. The van der Waals surface area contributed by atoms with Gasteiger partial charge in [0, 0.05) is 27.6 Å². The maximum Gasteiger partial charge on any atom is 0.247 e. The Balaban J connectivity index is 0.000000251. The molecule has 4 nitrogen and oxygen atoms in total. The number of rotatable bonds is 6. The molecule has 53 heavy (non-hydrogen) atoms. The highest BCUT2D eigenvalue weighted by atomic mass is 16.4. The molecule has 8 rings (SSSR count). The maximum absolute atomic E-state index is 6.48. The Morgan fingerprint density at radius 2 is 1.40 bits per heavy atom. The summed E-state index contributed by atoms with van der Waals surface area (Å²) < 4.78 is 8.79. The Morgan fingerprint density at radius 3 is 2.00 bits per heavy atom. The van der Waals surface area contributed by atoms with Crippen molar-refractivity contribution < 1.29 is 4.42 Å². The van der Waals surface area contributed by atoms with Gasteiger partial charge < -0.3 is 8.98 Å². The molecule has 0 aliphatic heterocycles. The van der Waals surface area contributed by atoms with Gasteiger partial charge in [-0.25, -0.2) is 0 Å². The molecule has 2 saturated carbocycles. The van der Waals surface area contributed by atoms with Crippen LogP contribution in [0.1, 0.15) is 101 Å². The quantitative estimate of drug-likeness (QED) is 0.173. The first kappa shape index (κ1) is 37.8. The summed E-state index contributed by atoms with van der Waals surface area (Å²) in [4.78, 5) is 0. The molecule has 2 aromatic heterocycles. The van der Waals surface area contributed by atoms with Gasteiger partial charge in [-0.1, -0.05) is 113 Å². The molecule has 4 aromatic carbocycles. The molecule has 0 N–H and O–H groups in total. The Bertz CT molecular complexity index is 2150. The van der Waals surface area contributed by atoms with Crippen molar-refractivity contribution in [2.75, 3.05) is 0 Å². The second-order valence-electron chi connectivity index (χ2n) is 15.5. The summed E-state index contributed by atoms with van der Waals surface area (Å²) >= 11 is 0. The van der Waals surface area contributed by atoms with Gasteiger partial charge in [-0.05, 0) is 136 Å². The average molecular weight is 704 g/mol. The van der Waals surface area contributed by atoms with Crippen molar-refractivity contribution in [3.63, 3.8) is 0 Å². The molecule has 6 aromatic rings. The fourth-order valence-corrected chi connectivity index (χ4v) is 9.21. The van der Waals surface area contributed by atoms with Gasteiger partial charge in [0.25, 0.3) is 0 Å². The zero-order chi connectivity index (χ0) is 37.7. The molecule has 0 amide bonds. The summed E-state index contributed by atoms with van der Waals surface area (Å²) in [5.41, 5.74) is 11.9. The van der Waals surface area contributed by atoms with Crippen molar-refractivity contribution in [1.29, 1.82) is 0 Å². The van der Waals surface area contributed by atoms with Crippen molar-refractivity contribution in [3.8, 4) is 28.3 Å². The maximum atomic E-state index is 6.48. The van der Waals surface area contributed by atoms with Crippen molar-refractivity contribution in [3.05, 3.63) is 137 Å². The van der Waals surface area contributed by atoms with Gasteiger partial charge in [0.15, 0.2) is 0 Å². The molecule has 2 atom stereocenters. The van der Waals surface area contributed by atoms with Crippen LogP contribution in [0.2, 0.25) is 0 Å². The zero-order valence-corrected chi connectivity index (χ0v) is 33.1. The first-order valence-corrected chi connectivity index (χ1v) is 19.6. The lowest BCUT2D eigenvalue weighted by Crippen LogP contribution is -2.39. The van der Waals surface area contributed by atoms with E-state index in [-0.39, 0.29) is 5.41 Å². The summed E-state index contributed by atoms with van der Waals surface area (Å²) in [6.45, 7) is 21.4. The fraction of sp³-hybridized carbons (Fsp3) is 0.347. The molecule has 274 valence electrons. The number of hydrogen-bond acceptors (Lipinski definition) is 3. The number of hydrogen-bond donors (Lipinski definition) is 0. The van der Waals surface area contributed by atoms with Crippen LogP contribution in [0.3, 0.4) is 0 Å². The van der Waals surface area contributed by atoms with Crippen LogP contribution < -0.4 is 0 Å². The first-order valence-electron chi connectivity index (χ1n) is 19.6. The molecule has 0 radical (unpaired) electrons. The van der Waals surface area contributed by atoms with E-state index in [0.29, 0.717) is 5.89 Å². The van der Waals surface area contributed by atoms with Gasteiger partial charge >= 0.3 is 0 Å². The molecule has 2 fully saturated rings. The van der Waals surface area contributed by atoms with Gasteiger partial charge in [-0.3, -0.25) is 0 Å². The summed E-state index contributed by atoms with van der Waals surface area (Å²) in [5.74, 6) is 3.82. The Labute approximate surface area is 317 Å². The lowest BCUT2D eigenvalue weighted by Gasteiger charge is -2.45. The summed E-state index contributed by atoms with van der Waals surface area (Å²) in [6.07, 6.45) is 12.5. The van der Waals surface area contributed by atoms with E-state index < -0.39 is 0 Å². The molecular weight excluding hydrogens is 647 g/mol. The minimum atomic E-state index is -0.0276. The lowest BCUT2D eigenvalue weighted by molar-refractivity contribution is 0.0763. The van der Waals surface area contributed by atoms with E-state index in [1.165, 1.54) is 46.9 Å². The van der Waals surface area contributed by atoms with E-state index in [0.717, 1.165) is 70.1 Å². The van der Waals surface area contributed by atoms with Crippen molar-refractivity contribution >= 4 is 23.1 Å². The summed E-state index contributed by atoms with van der Waals surface area (Å²) in [6, 6.07) is 32.1. The monoisotopic (exact) mass is 703 g/mol. The molecule has 2 aliphatic carbocycles.